The first-order valence-corrected chi connectivity index (χ1v) is 7.97. The average molecular weight is 285 g/mol. The van der Waals surface area contributed by atoms with Gasteiger partial charge in [0.05, 0.1) is 0 Å². The van der Waals surface area contributed by atoms with Gasteiger partial charge in [-0.25, -0.2) is 13.1 Å². The standard InChI is InChI=1S/C12H19N3O3S/c16-11-4-5-13-10-12(11)19(17,18)14-6-9-15-7-2-1-3-8-15/h4-5,10,14H,1-3,6-9H2,(H,13,16). The van der Waals surface area contributed by atoms with E-state index in [4.69, 9.17) is 0 Å². The molecule has 0 unspecified atom stereocenters. The van der Waals surface area contributed by atoms with E-state index in [0.717, 1.165) is 13.1 Å². The van der Waals surface area contributed by atoms with E-state index in [2.05, 4.69) is 14.6 Å². The van der Waals surface area contributed by atoms with Crippen LogP contribution in [0.25, 0.3) is 0 Å². The molecule has 2 heterocycles. The van der Waals surface area contributed by atoms with Crippen LogP contribution in [0, 0.1) is 0 Å². The summed E-state index contributed by atoms with van der Waals surface area (Å²) in [5, 5.41) is 0. The molecule has 1 aliphatic rings. The topological polar surface area (TPSA) is 82.3 Å². The number of aromatic nitrogens is 1. The van der Waals surface area contributed by atoms with E-state index in [1.807, 2.05) is 0 Å². The van der Waals surface area contributed by atoms with Crippen molar-refractivity contribution in [3.8, 4) is 0 Å². The average Bonchev–Trinajstić information content (AvgIpc) is 2.40. The third-order valence-corrected chi connectivity index (χ3v) is 4.73. The van der Waals surface area contributed by atoms with Crippen LogP contribution in [0.5, 0.6) is 0 Å². The monoisotopic (exact) mass is 285 g/mol. The van der Waals surface area contributed by atoms with Gasteiger partial charge >= 0.3 is 0 Å². The van der Waals surface area contributed by atoms with Gasteiger partial charge in [0.1, 0.15) is 4.90 Å². The zero-order valence-electron chi connectivity index (χ0n) is 10.8. The first-order valence-electron chi connectivity index (χ1n) is 6.49. The summed E-state index contributed by atoms with van der Waals surface area (Å²) < 4.78 is 26.4. The van der Waals surface area contributed by atoms with E-state index in [0.29, 0.717) is 13.1 Å². The van der Waals surface area contributed by atoms with Gasteiger partial charge < -0.3 is 9.88 Å². The Morgan fingerprint density at radius 3 is 2.68 bits per heavy atom. The number of likely N-dealkylation sites (tertiary alicyclic amines) is 1. The Bertz CT molecular complexity index is 562. The van der Waals surface area contributed by atoms with Gasteiger partial charge in [0, 0.05) is 31.5 Å². The molecule has 0 aliphatic carbocycles. The highest BCUT2D eigenvalue weighted by Crippen LogP contribution is 2.07. The molecule has 19 heavy (non-hydrogen) atoms. The van der Waals surface area contributed by atoms with Crippen LogP contribution < -0.4 is 10.2 Å². The molecule has 106 valence electrons. The van der Waals surface area contributed by atoms with Crippen LogP contribution in [-0.4, -0.2) is 44.5 Å². The maximum atomic E-state index is 11.9. The van der Waals surface area contributed by atoms with Gasteiger partial charge in [-0.2, -0.15) is 0 Å². The van der Waals surface area contributed by atoms with Crippen molar-refractivity contribution in [2.75, 3.05) is 26.2 Å². The summed E-state index contributed by atoms with van der Waals surface area (Å²) in [6.07, 6.45) is 6.22. The van der Waals surface area contributed by atoms with Crippen molar-refractivity contribution in [2.45, 2.75) is 24.2 Å². The number of sulfonamides is 1. The number of H-pyrrole nitrogens is 1. The molecular formula is C12H19N3O3S. The molecule has 2 N–H and O–H groups in total. The van der Waals surface area contributed by atoms with Crippen LogP contribution in [0.2, 0.25) is 0 Å². The first kappa shape index (κ1) is 14.2. The minimum absolute atomic E-state index is 0.228. The molecule has 0 radical (unpaired) electrons. The van der Waals surface area contributed by atoms with Gasteiger partial charge in [0.2, 0.25) is 15.5 Å². The number of aromatic amines is 1. The number of hydrogen-bond donors (Lipinski definition) is 2. The Morgan fingerprint density at radius 1 is 1.26 bits per heavy atom. The molecule has 6 nitrogen and oxygen atoms in total. The van der Waals surface area contributed by atoms with Crippen molar-refractivity contribution >= 4 is 10.0 Å². The number of hydrogen-bond acceptors (Lipinski definition) is 4. The van der Waals surface area contributed by atoms with E-state index in [9.17, 15) is 13.2 Å². The second-order valence-corrected chi connectivity index (χ2v) is 6.41. The lowest BCUT2D eigenvalue weighted by Crippen LogP contribution is -2.38. The predicted molar refractivity (Wildman–Crippen MR) is 72.5 cm³/mol. The first-order chi connectivity index (χ1) is 9.09. The van der Waals surface area contributed by atoms with Crippen molar-refractivity contribution in [1.29, 1.82) is 0 Å². The van der Waals surface area contributed by atoms with Crippen molar-refractivity contribution < 1.29 is 8.42 Å². The molecule has 1 saturated heterocycles. The molecule has 1 aromatic rings. The zero-order chi connectivity index (χ0) is 13.7. The molecule has 0 bridgehead atoms. The zero-order valence-corrected chi connectivity index (χ0v) is 11.6. The summed E-state index contributed by atoms with van der Waals surface area (Å²) in [6.45, 7) is 3.06. The van der Waals surface area contributed by atoms with Gasteiger partial charge in [-0.15, -0.1) is 0 Å². The van der Waals surface area contributed by atoms with Crippen LogP contribution >= 0.6 is 0 Å². The molecule has 0 saturated carbocycles. The lowest BCUT2D eigenvalue weighted by Gasteiger charge is -2.26. The molecule has 1 aliphatic heterocycles. The third-order valence-electron chi connectivity index (χ3n) is 3.25. The van der Waals surface area contributed by atoms with Crippen LogP contribution in [0.1, 0.15) is 19.3 Å². The summed E-state index contributed by atoms with van der Waals surface area (Å²) in [6, 6.07) is 1.21. The molecule has 7 heteroatoms. The highest BCUT2D eigenvalue weighted by atomic mass is 32.2. The van der Waals surface area contributed by atoms with Gasteiger partial charge in [-0.1, -0.05) is 6.42 Å². The molecule has 2 rings (SSSR count). The summed E-state index contributed by atoms with van der Waals surface area (Å²) in [5.74, 6) is 0. The highest BCUT2D eigenvalue weighted by Gasteiger charge is 2.17. The van der Waals surface area contributed by atoms with Crippen LogP contribution in [0.15, 0.2) is 28.2 Å². The molecular weight excluding hydrogens is 266 g/mol. The van der Waals surface area contributed by atoms with Gasteiger partial charge in [0.25, 0.3) is 0 Å². The fourth-order valence-electron chi connectivity index (χ4n) is 2.21. The van der Waals surface area contributed by atoms with Crippen LogP contribution in [0.4, 0.5) is 0 Å². The predicted octanol–water partition coefficient (Wildman–Crippen LogP) is 0.139. The third kappa shape index (κ3) is 3.89. The van der Waals surface area contributed by atoms with Crippen LogP contribution in [-0.2, 0) is 10.0 Å². The maximum Gasteiger partial charge on any atom is 0.245 e. The summed E-state index contributed by atoms with van der Waals surface area (Å²) in [5.41, 5.74) is -0.496. The fourth-order valence-corrected chi connectivity index (χ4v) is 3.28. The second-order valence-electron chi connectivity index (χ2n) is 4.67. The molecule has 1 aromatic heterocycles. The number of rotatable bonds is 5. The largest absolute Gasteiger partial charge is 0.366 e. The van der Waals surface area contributed by atoms with E-state index < -0.39 is 15.5 Å². The number of nitrogens with one attached hydrogen (secondary N) is 2. The Balaban J connectivity index is 1.91. The van der Waals surface area contributed by atoms with Crippen molar-refractivity contribution in [3.05, 3.63) is 28.7 Å². The Labute approximate surface area is 112 Å². The van der Waals surface area contributed by atoms with Gasteiger partial charge in [0.15, 0.2) is 0 Å². The number of nitrogens with zero attached hydrogens (tertiary/aromatic N) is 1. The normalized spacial score (nSPS) is 17.5. The SMILES string of the molecule is O=c1cc[nH]cc1S(=O)(=O)NCCN1CCCCC1. The molecule has 0 amide bonds. The van der Waals surface area contributed by atoms with Crippen LogP contribution in [0.3, 0.4) is 0 Å². The lowest BCUT2D eigenvalue weighted by atomic mass is 10.1. The van der Waals surface area contributed by atoms with E-state index in [1.165, 1.54) is 37.7 Å². The summed E-state index contributed by atoms with van der Waals surface area (Å²) in [7, 11) is -3.71. The Kier molecular flexibility index (Phi) is 4.73. The highest BCUT2D eigenvalue weighted by molar-refractivity contribution is 7.89. The Morgan fingerprint density at radius 2 is 2.00 bits per heavy atom. The van der Waals surface area contributed by atoms with E-state index in [1.54, 1.807) is 0 Å². The van der Waals surface area contributed by atoms with Gasteiger partial charge in [-0.3, -0.25) is 4.79 Å². The van der Waals surface area contributed by atoms with Crippen molar-refractivity contribution in [2.24, 2.45) is 0 Å². The fraction of sp³-hybridized carbons (Fsp3) is 0.583. The quantitative estimate of drug-likeness (QED) is 0.806. The van der Waals surface area contributed by atoms with E-state index in [-0.39, 0.29) is 4.90 Å². The number of pyridine rings is 1. The minimum Gasteiger partial charge on any atom is -0.366 e. The summed E-state index contributed by atoms with van der Waals surface area (Å²) >= 11 is 0. The molecule has 1 fully saturated rings. The molecule has 0 spiro atoms. The minimum atomic E-state index is -3.71. The molecule has 0 aromatic carbocycles. The van der Waals surface area contributed by atoms with E-state index >= 15 is 0 Å². The smallest absolute Gasteiger partial charge is 0.245 e. The van der Waals surface area contributed by atoms with Crippen molar-refractivity contribution in [1.82, 2.24) is 14.6 Å². The van der Waals surface area contributed by atoms with Gasteiger partial charge in [-0.05, 0) is 25.9 Å². The second kappa shape index (κ2) is 6.31. The molecule has 0 atom stereocenters. The lowest BCUT2D eigenvalue weighted by molar-refractivity contribution is 0.233. The van der Waals surface area contributed by atoms with Crippen molar-refractivity contribution in [3.63, 3.8) is 0 Å². The summed E-state index contributed by atoms with van der Waals surface area (Å²) in [4.78, 5) is 16.1. The number of piperidine rings is 1. The Hall–Kier alpha value is -1.18. The maximum absolute atomic E-state index is 11.9.